The van der Waals surface area contributed by atoms with Crippen LogP contribution in [0.15, 0.2) is 36.9 Å². The smallest absolute Gasteiger partial charge is 0.358 e. The number of carbonyl (C=O) groups excluding carboxylic acids is 1. The number of aromatic nitrogens is 4. The molecule has 0 saturated heterocycles. The Balaban J connectivity index is 2.02. The van der Waals surface area contributed by atoms with Gasteiger partial charge >= 0.3 is 5.97 Å². The molecule has 0 aliphatic carbocycles. The summed E-state index contributed by atoms with van der Waals surface area (Å²) in [6.07, 6.45) is 7.11. The van der Waals surface area contributed by atoms with Crippen molar-refractivity contribution in [2.45, 2.75) is 6.92 Å². The highest BCUT2D eigenvalue weighted by atomic mass is 16.5. The van der Waals surface area contributed by atoms with Crippen molar-refractivity contribution < 1.29 is 9.53 Å². The molecule has 19 heavy (non-hydrogen) atoms. The molecule has 0 radical (unpaired) electrons. The van der Waals surface area contributed by atoms with Gasteiger partial charge in [0.25, 0.3) is 0 Å². The number of H-pyrrole nitrogens is 1. The highest BCUT2D eigenvalue weighted by Gasteiger charge is 2.11. The van der Waals surface area contributed by atoms with Crippen molar-refractivity contribution in [1.82, 2.24) is 19.6 Å². The van der Waals surface area contributed by atoms with Crippen molar-refractivity contribution in [3.05, 3.63) is 42.6 Å². The van der Waals surface area contributed by atoms with Gasteiger partial charge in [-0.15, -0.1) is 0 Å². The topological polar surface area (TPSA) is 72.3 Å². The second kappa shape index (κ2) is 4.56. The van der Waals surface area contributed by atoms with Gasteiger partial charge in [-0.2, -0.15) is 5.10 Å². The molecule has 6 heteroatoms. The Morgan fingerprint density at radius 3 is 3.00 bits per heavy atom. The summed E-state index contributed by atoms with van der Waals surface area (Å²) in [6.45, 7) is 2.11. The molecular formula is C13H12N4O2. The van der Waals surface area contributed by atoms with Gasteiger partial charge in [0, 0.05) is 29.7 Å². The maximum Gasteiger partial charge on any atom is 0.358 e. The molecule has 6 nitrogen and oxygen atoms in total. The van der Waals surface area contributed by atoms with Gasteiger partial charge in [0.2, 0.25) is 0 Å². The van der Waals surface area contributed by atoms with Crippen LogP contribution in [-0.4, -0.2) is 32.2 Å². The van der Waals surface area contributed by atoms with Gasteiger partial charge in [-0.25, -0.2) is 9.78 Å². The first kappa shape index (κ1) is 11.5. The fourth-order valence-corrected chi connectivity index (χ4v) is 1.87. The van der Waals surface area contributed by atoms with Gasteiger partial charge < -0.3 is 9.14 Å². The summed E-state index contributed by atoms with van der Waals surface area (Å²) in [5.74, 6) is -0.406. The maximum absolute atomic E-state index is 11.6. The predicted molar refractivity (Wildman–Crippen MR) is 68.7 cm³/mol. The fraction of sp³-hybridized carbons (Fsp3) is 0.154. The van der Waals surface area contributed by atoms with Gasteiger partial charge in [0.1, 0.15) is 5.65 Å². The summed E-state index contributed by atoms with van der Waals surface area (Å²) in [6, 6.07) is 3.78. The van der Waals surface area contributed by atoms with Crippen molar-refractivity contribution in [3.8, 4) is 11.1 Å². The Kier molecular flexibility index (Phi) is 2.75. The van der Waals surface area contributed by atoms with Gasteiger partial charge in [0.15, 0.2) is 5.69 Å². The van der Waals surface area contributed by atoms with Gasteiger partial charge in [-0.1, -0.05) is 0 Å². The average Bonchev–Trinajstić information content (AvgIpc) is 3.07. The average molecular weight is 256 g/mol. The molecule has 0 aromatic carbocycles. The molecule has 3 heterocycles. The van der Waals surface area contributed by atoms with Gasteiger partial charge in [0.05, 0.1) is 12.8 Å². The minimum absolute atomic E-state index is 0.311. The van der Waals surface area contributed by atoms with E-state index in [4.69, 9.17) is 4.74 Å². The van der Waals surface area contributed by atoms with Crippen molar-refractivity contribution in [2.24, 2.45) is 0 Å². The molecular weight excluding hydrogens is 244 g/mol. The number of pyridine rings is 1. The molecule has 96 valence electrons. The number of nitrogens with zero attached hydrogens (tertiary/aromatic N) is 3. The Morgan fingerprint density at radius 1 is 1.37 bits per heavy atom. The van der Waals surface area contributed by atoms with Crippen LogP contribution in [0.3, 0.4) is 0 Å². The Hall–Kier alpha value is -2.63. The number of fused-ring (bicyclic) bond motifs is 1. The second-order valence-corrected chi connectivity index (χ2v) is 4.02. The van der Waals surface area contributed by atoms with Crippen LogP contribution in [0.1, 0.15) is 17.4 Å². The lowest BCUT2D eigenvalue weighted by Gasteiger charge is -1.98. The lowest BCUT2D eigenvalue weighted by Crippen LogP contribution is -2.04. The molecule has 1 N–H and O–H groups in total. The summed E-state index contributed by atoms with van der Waals surface area (Å²) < 4.78 is 6.73. The number of hydrogen-bond donors (Lipinski definition) is 1. The van der Waals surface area contributed by atoms with E-state index in [1.54, 1.807) is 23.7 Å². The van der Waals surface area contributed by atoms with Crippen molar-refractivity contribution in [3.63, 3.8) is 0 Å². The number of rotatable bonds is 3. The molecule has 3 rings (SSSR count). The zero-order valence-corrected chi connectivity index (χ0v) is 10.3. The van der Waals surface area contributed by atoms with E-state index in [9.17, 15) is 4.79 Å². The number of imidazole rings is 1. The van der Waals surface area contributed by atoms with Crippen molar-refractivity contribution in [1.29, 1.82) is 0 Å². The van der Waals surface area contributed by atoms with E-state index in [-0.39, 0.29) is 0 Å². The summed E-state index contributed by atoms with van der Waals surface area (Å²) in [5, 5.41) is 6.68. The number of esters is 1. The number of nitrogens with one attached hydrogen (secondary N) is 1. The van der Waals surface area contributed by atoms with Crippen LogP contribution in [0.25, 0.3) is 16.8 Å². The third-order valence-corrected chi connectivity index (χ3v) is 2.77. The molecule has 0 atom stereocenters. The lowest BCUT2D eigenvalue weighted by molar-refractivity contribution is 0.0520. The molecule has 0 spiro atoms. The zero-order chi connectivity index (χ0) is 13.2. The third kappa shape index (κ3) is 2.08. The monoisotopic (exact) mass is 256 g/mol. The minimum Gasteiger partial charge on any atom is -0.461 e. The molecule has 0 aliphatic rings. The number of carbonyl (C=O) groups is 1. The molecule has 3 aromatic heterocycles. The van der Waals surface area contributed by atoms with E-state index < -0.39 is 5.97 Å². The van der Waals surface area contributed by atoms with Crippen LogP contribution < -0.4 is 0 Å². The minimum atomic E-state index is -0.406. The summed E-state index contributed by atoms with van der Waals surface area (Å²) in [5.41, 5.74) is 2.99. The second-order valence-electron chi connectivity index (χ2n) is 4.02. The third-order valence-electron chi connectivity index (χ3n) is 2.77. The summed E-state index contributed by atoms with van der Waals surface area (Å²) >= 11 is 0. The van der Waals surface area contributed by atoms with Crippen LogP contribution >= 0.6 is 0 Å². The van der Waals surface area contributed by atoms with Crippen LogP contribution in [-0.2, 0) is 4.74 Å². The fourth-order valence-electron chi connectivity index (χ4n) is 1.87. The first-order valence-corrected chi connectivity index (χ1v) is 5.93. The van der Waals surface area contributed by atoms with Gasteiger partial charge in [-0.05, 0) is 19.1 Å². The molecule has 0 unspecified atom stereocenters. The lowest BCUT2D eigenvalue weighted by atomic mass is 10.2. The normalized spacial score (nSPS) is 10.8. The van der Waals surface area contributed by atoms with Crippen molar-refractivity contribution >= 4 is 11.6 Å². The SMILES string of the molecule is CCOC(=O)c1cn2cc(-c3cn[nH]c3)ccc2n1. The van der Waals surface area contributed by atoms with Crippen LogP contribution in [0, 0.1) is 0 Å². The highest BCUT2D eigenvalue weighted by Crippen LogP contribution is 2.18. The molecule has 0 amide bonds. The van der Waals surface area contributed by atoms with Crippen LogP contribution in [0.2, 0.25) is 0 Å². The summed E-state index contributed by atoms with van der Waals surface area (Å²) in [4.78, 5) is 15.8. The van der Waals surface area contributed by atoms with E-state index in [1.807, 2.05) is 24.5 Å². The Morgan fingerprint density at radius 2 is 2.26 bits per heavy atom. The number of hydrogen-bond acceptors (Lipinski definition) is 4. The van der Waals surface area contributed by atoms with E-state index in [1.165, 1.54) is 0 Å². The predicted octanol–water partition coefficient (Wildman–Crippen LogP) is 1.90. The van der Waals surface area contributed by atoms with E-state index in [0.29, 0.717) is 17.9 Å². The highest BCUT2D eigenvalue weighted by molar-refractivity contribution is 5.88. The first-order chi connectivity index (χ1) is 9.28. The Bertz CT molecular complexity index is 715. The van der Waals surface area contributed by atoms with Crippen molar-refractivity contribution in [2.75, 3.05) is 6.61 Å². The largest absolute Gasteiger partial charge is 0.461 e. The molecule has 0 fully saturated rings. The van der Waals surface area contributed by atoms with E-state index >= 15 is 0 Å². The molecule has 0 aliphatic heterocycles. The van der Waals surface area contributed by atoms with Crippen LogP contribution in [0.5, 0.6) is 0 Å². The first-order valence-electron chi connectivity index (χ1n) is 5.93. The molecule has 3 aromatic rings. The molecule has 0 saturated carbocycles. The van der Waals surface area contributed by atoms with Gasteiger partial charge in [-0.3, -0.25) is 5.10 Å². The molecule has 0 bridgehead atoms. The van der Waals surface area contributed by atoms with Crippen LogP contribution in [0.4, 0.5) is 0 Å². The Labute approximate surface area is 109 Å². The number of ether oxygens (including phenoxy) is 1. The summed E-state index contributed by atoms with van der Waals surface area (Å²) in [7, 11) is 0. The quantitative estimate of drug-likeness (QED) is 0.726. The standard InChI is InChI=1S/C13H12N4O2/c1-2-19-13(18)11-8-17-7-9(3-4-12(17)16-11)10-5-14-15-6-10/h3-8H,2H2,1H3,(H,14,15). The van der Waals surface area contributed by atoms with E-state index in [0.717, 1.165) is 11.1 Å². The maximum atomic E-state index is 11.6. The van der Waals surface area contributed by atoms with E-state index in [2.05, 4.69) is 15.2 Å². The number of aromatic amines is 1. The zero-order valence-electron chi connectivity index (χ0n) is 10.3.